The molecule has 0 saturated carbocycles. The number of hydrogen-bond acceptors (Lipinski definition) is 5. The van der Waals surface area contributed by atoms with Gasteiger partial charge in [0.25, 0.3) is 0 Å². The predicted octanol–water partition coefficient (Wildman–Crippen LogP) is 2.41. The Morgan fingerprint density at radius 1 is 1.30 bits per heavy atom. The van der Waals surface area contributed by atoms with Gasteiger partial charge in [-0.25, -0.2) is 0 Å². The molecule has 0 bridgehead atoms. The molecule has 7 heteroatoms. The minimum absolute atomic E-state index is 0. The van der Waals surface area contributed by atoms with Crippen LogP contribution in [-0.4, -0.2) is 25.7 Å². The molecule has 20 heavy (non-hydrogen) atoms. The van der Waals surface area contributed by atoms with Crippen molar-refractivity contribution in [3.05, 3.63) is 44.8 Å². The molecule has 2 aromatic heterocycles. The van der Waals surface area contributed by atoms with Crippen molar-refractivity contribution in [3.8, 4) is 0 Å². The Hall–Kier alpha value is -0.920. The van der Waals surface area contributed by atoms with Crippen LogP contribution < -0.4 is 11.1 Å². The zero-order valence-corrected chi connectivity index (χ0v) is 13.4. The van der Waals surface area contributed by atoms with Crippen LogP contribution in [0.3, 0.4) is 0 Å². The van der Waals surface area contributed by atoms with Gasteiger partial charge in [0.15, 0.2) is 0 Å². The predicted molar refractivity (Wildman–Crippen MR) is 85.7 cm³/mol. The van der Waals surface area contributed by atoms with E-state index in [4.69, 9.17) is 10.5 Å². The standard InChI is InChI=1S/C13H16N2O2S2.ClH/c1-17-8-9(14)13(16)15-12(10-4-2-6-18-10)11-5-3-7-19-11;/h2-7,9,12H,8,14H2,1H3,(H,15,16);1H. The molecule has 0 fully saturated rings. The molecule has 2 heterocycles. The van der Waals surface area contributed by atoms with E-state index in [-0.39, 0.29) is 31.0 Å². The average molecular weight is 333 g/mol. The number of amides is 1. The highest BCUT2D eigenvalue weighted by atomic mass is 35.5. The monoisotopic (exact) mass is 332 g/mol. The molecule has 1 amide bonds. The fourth-order valence-electron chi connectivity index (χ4n) is 1.70. The summed E-state index contributed by atoms with van der Waals surface area (Å²) in [4.78, 5) is 14.2. The number of hydrogen-bond donors (Lipinski definition) is 2. The van der Waals surface area contributed by atoms with E-state index in [1.54, 1.807) is 22.7 Å². The summed E-state index contributed by atoms with van der Waals surface area (Å²) in [7, 11) is 1.53. The molecular weight excluding hydrogens is 316 g/mol. The van der Waals surface area contributed by atoms with Crippen molar-refractivity contribution >= 4 is 41.0 Å². The summed E-state index contributed by atoms with van der Waals surface area (Å²) in [6.07, 6.45) is 0. The maximum absolute atomic E-state index is 12.0. The van der Waals surface area contributed by atoms with Gasteiger partial charge in [-0.3, -0.25) is 4.79 Å². The first-order valence-corrected chi connectivity index (χ1v) is 7.60. The third kappa shape index (κ3) is 4.29. The summed E-state index contributed by atoms with van der Waals surface area (Å²) >= 11 is 3.23. The Morgan fingerprint density at radius 2 is 1.85 bits per heavy atom. The van der Waals surface area contributed by atoms with Crippen molar-refractivity contribution in [2.75, 3.05) is 13.7 Å². The van der Waals surface area contributed by atoms with Gasteiger partial charge in [0, 0.05) is 16.9 Å². The largest absolute Gasteiger partial charge is 0.383 e. The van der Waals surface area contributed by atoms with Gasteiger partial charge in [-0.05, 0) is 22.9 Å². The Kier molecular flexibility index (Phi) is 7.18. The Bertz CT molecular complexity index is 468. The Labute approximate surface area is 132 Å². The fraction of sp³-hybridized carbons (Fsp3) is 0.308. The first-order chi connectivity index (χ1) is 9.22. The minimum atomic E-state index is -0.646. The minimum Gasteiger partial charge on any atom is -0.383 e. The van der Waals surface area contributed by atoms with Gasteiger partial charge >= 0.3 is 0 Å². The highest BCUT2D eigenvalue weighted by Gasteiger charge is 2.22. The smallest absolute Gasteiger partial charge is 0.240 e. The van der Waals surface area contributed by atoms with Gasteiger partial charge in [0.1, 0.15) is 6.04 Å². The van der Waals surface area contributed by atoms with Crippen LogP contribution in [0.25, 0.3) is 0 Å². The number of methoxy groups -OCH3 is 1. The maximum atomic E-state index is 12.0. The Morgan fingerprint density at radius 3 is 2.25 bits per heavy atom. The highest BCUT2D eigenvalue weighted by molar-refractivity contribution is 7.11. The molecule has 0 aliphatic carbocycles. The van der Waals surface area contributed by atoms with Gasteiger partial charge in [0.2, 0.25) is 5.91 Å². The average Bonchev–Trinajstić information content (AvgIpc) is 3.09. The van der Waals surface area contributed by atoms with Gasteiger partial charge in [-0.1, -0.05) is 12.1 Å². The summed E-state index contributed by atoms with van der Waals surface area (Å²) in [5, 5.41) is 6.98. The van der Waals surface area contributed by atoms with Crippen molar-refractivity contribution < 1.29 is 9.53 Å². The first-order valence-electron chi connectivity index (χ1n) is 5.84. The van der Waals surface area contributed by atoms with E-state index in [0.717, 1.165) is 9.75 Å². The second-order valence-electron chi connectivity index (χ2n) is 4.03. The van der Waals surface area contributed by atoms with E-state index in [1.165, 1.54) is 7.11 Å². The van der Waals surface area contributed by atoms with Gasteiger partial charge in [-0.2, -0.15) is 0 Å². The van der Waals surface area contributed by atoms with Crippen LogP contribution in [0, 0.1) is 0 Å². The first kappa shape index (κ1) is 17.1. The van der Waals surface area contributed by atoms with Crippen LogP contribution in [0.15, 0.2) is 35.0 Å². The SMILES string of the molecule is COCC(N)C(=O)NC(c1cccs1)c1cccs1.Cl. The van der Waals surface area contributed by atoms with Crippen LogP contribution in [0.5, 0.6) is 0 Å². The molecule has 0 aliphatic rings. The lowest BCUT2D eigenvalue weighted by atomic mass is 10.2. The van der Waals surface area contributed by atoms with E-state index >= 15 is 0 Å². The molecule has 0 saturated heterocycles. The molecule has 1 atom stereocenters. The molecule has 4 nitrogen and oxygen atoms in total. The molecule has 0 aliphatic heterocycles. The summed E-state index contributed by atoms with van der Waals surface area (Å²) in [6, 6.07) is 7.20. The van der Waals surface area contributed by atoms with Crippen LogP contribution >= 0.6 is 35.1 Å². The van der Waals surface area contributed by atoms with Gasteiger partial charge in [-0.15, -0.1) is 35.1 Å². The number of nitrogens with one attached hydrogen (secondary N) is 1. The zero-order chi connectivity index (χ0) is 13.7. The third-order valence-corrected chi connectivity index (χ3v) is 4.50. The third-order valence-electron chi connectivity index (χ3n) is 2.62. The van der Waals surface area contributed by atoms with Gasteiger partial charge in [0.05, 0.1) is 12.6 Å². The molecule has 0 aromatic carbocycles. The van der Waals surface area contributed by atoms with Crippen LogP contribution in [0.4, 0.5) is 0 Å². The second kappa shape index (κ2) is 8.39. The Balaban J connectivity index is 0.00000200. The van der Waals surface area contributed by atoms with E-state index in [9.17, 15) is 4.79 Å². The number of rotatable bonds is 6. The highest BCUT2D eigenvalue weighted by Crippen LogP contribution is 2.29. The topological polar surface area (TPSA) is 64.3 Å². The molecular formula is C13H17ClN2O2S2. The summed E-state index contributed by atoms with van der Waals surface area (Å²) in [6.45, 7) is 0.216. The molecule has 0 spiro atoms. The summed E-state index contributed by atoms with van der Waals surface area (Å²) in [5.41, 5.74) is 5.75. The van der Waals surface area contributed by atoms with Crippen LogP contribution in [-0.2, 0) is 9.53 Å². The zero-order valence-electron chi connectivity index (χ0n) is 10.9. The van der Waals surface area contributed by atoms with Crippen molar-refractivity contribution in [1.29, 1.82) is 0 Å². The lowest BCUT2D eigenvalue weighted by Crippen LogP contribution is -2.44. The molecule has 0 radical (unpaired) electrons. The van der Waals surface area contributed by atoms with Crippen molar-refractivity contribution in [2.45, 2.75) is 12.1 Å². The van der Waals surface area contributed by atoms with Crippen LogP contribution in [0.1, 0.15) is 15.8 Å². The van der Waals surface area contributed by atoms with Crippen molar-refractivity contribution in [1.82, 2.24) is 5.32 Å². The second-order valence-corrected chi connectivity index (χ2v) is 5.99. The van der Waals surface area contributed by atoms with Crippen molar-refractivity contribution in [2.24, 2.45) is 5.73 Å². The van der Waals surface area contributed by atoms with Crippen molar-refractivity contribution in [3.63, 3.8) is 0 Å². The lowest BCUT2D eigenvalue weighted by molar-refractivity contribution is -0.123. The van der Waals surface area contributed by atoms with Gasteiger partial charge < -0.3 is 15.8 Å². The fourth-order valence-corrected chi connectivity index (χ4v) is 3.36. The molecule has 110 valence electrons. The normalized spacial score (nSPS) is 11.9. The van der Waals surface area contributed by atoms with E-state index in [2.05, 4.69) is 5.32 Å². The maximum Gasteiger partial charge on any atom is 0.240 e. The number of carbonyl (C=O) groups is 1. The number of halogens is 1. The number of ether oxygens (including phenoxy) is 1. The lowest BCUT2D eigenvalue weighted by Gasteiger charge is -2.19. The molecule has 2 aromatic rings. The summed E-state index contributed by atoms with van der Waals surface area (Å²) in [5.74, 6) is -0.200. The quantitative estimate of drug-likeness (QED) is 0.853. The number of thiophene rings is 2. The summed E-state index contributed by atoms with van der Waals surface area (Å²) < 4.78 is 4.91. The number of carbonyl (C=O) groups excluding carboxylic acids is 1. The van der Waals surface area contributed by atoms with E-state index in [1.807, 2.05) is 35.0 Å². The molecule has 1 unspecified atom stereocenters. The molecule has 3 N–H and O–H groups in total. The van der Waals surface area contributed by atoms with Crippen LogP contribution in [0.2, 0.25) is 0 Å². The van der Waals surface area contributed by atoms with E-state index in [0.29, 0.717) is 0 Å². The van der Waals surface area contributed by atoms with E-state index < -0.39 is 6.04 Å². The number of nitrogens with two attached hydrogens (primary N) is 1. The molecule has 2 rings (SSSR count).